The number of ether oxygens (including phenoxy) is 1. The average Bonchev–Trinajstić information content (AvgIpc) is 2.79. The number of para-hydroxylation sites is 1. The van der Waals surface area contributed by atoms with E-state index in [1.807, 2.05) is 36.4 Å². The van der Waals surface area contributed by atoms with E-state index in [2.05, 4.69) is 14.7 Å². The lowest BCUT2D eigenvalue weighted by atomic mass is 10.1. The summed E-state index contributed by atoms with van der Waals surface area (Å²) in [6, 6.07) is 24.7. The van der Waals surface area contributed by atoms with Gasteiger partial charge in [0.2, 0.25) is 11.8 Å². The maximum Gasteiger partial charge on any atom is 0.264 e. The molecular weight excluding hydrogens is 462 g/mol. The van der Waals surface area contributed by atoms with Crippen molar-refractivity contribution < 1.29 is 21.6 Å². The second kappa shape index (κ2) is 9.00. The van der Waals surface area contributed by atoms with E-state index in [9.17, 15) is 16.8 Å². The van der Waals surface area contributed by atoms with Crippen molar-refractivity contribution >= 4 is 25.8 Å². The van der Waals surface area contributed by atoms with Crippen molar-refractivity contribution in [2.45, 2.75) is 9.79 Å². The van der Waals surface area contributed by atoms with Gasteiger partial charge in [-0.25, -0.2) is 26.5 Å². The van der Waals surface area contributed by atoms with Gasteiger partial charge in [0.15, 0.2) is 9.84 Å². The fraction of sp³-hybridized carbons (Fsp3) is 0.0435. The van der Waals surface area contributed by atoms with Gasteiger partial charge in [-0.2, -0.15) is 4.98 Å². The first-order valence-electron chi connectivity index (χ1n) is 9.71. The Kier molecular flexibility index (Phi) is 6.12. The number of rotatable bonds is 7. The van der Waals surface area contributed by atoms with Crippen LogP contribution in [0.2, 0.25) is 0 Å². The Morgan fingerprint density at radius 2 is 1.36 bits per heavy atom. The summed E-state index contributed by atoms with van der Waals surface area (Å²) in [4.78, 5) is 8.18. The molecule has 1 aromatic heterocycles. The molecule has 4 rings (SSSR count). The molecule has 0 fully saturated rings. The summed E-state index contributed by atoms with van der Waals surface area (Å²) in [6.45, 7) is 0. The summed E-state index contributed by atoms with van der Waals surface area (Å²) in [5.74, 6) is 0.439. The number of nitrogens with one attached hydrogen (secondary N) is 1. The molecule has 0 saturated heterocycles. The van der Waals surface area contributed by atoms with Crippen LogP contribution in [0.15, 0.2) is 101 Å². The molecule has 0 spiro atoms. The third kappa shape index (κ3) is 5.54. The zero-order chi connectivity index (χ0) is 23.5. The molecule has 0 amide bonds. The third-order valence-corrected chi connectivity index (χ3v) is 6.94. The maximum atomic E-state index is 13.0. The van der Waals surface area contributed by atoms with Crippen LogP contribution >= 0.6 is 0 Å². The van der Waals surface area contributed by atoms with E-state index in [0.29, 0.717) is 11.4 Å². The minimum absolute atomic E-state index is 0.113. The van der Waals surface area contributed by atoms with Gasteiger partial charge in [0.05, 0.1) is 15.5 Å². The van der Waals surface area contributed by atoms with Gasteiger partial charge in [0, 0.05) is 17.9 Å². The Morgan fingerprint density at radius 1 is 0.727 bits per heavy atom. The van der Waals surface area contributed by atoms with Crippen LogP contribution in [0.4, 0.5) is 5.95 Å². The molecule has 0 atom stereocenters. The number of sulfonamides is 1. The van der Waals surface area contributed by atoms with Crippen molar-refractivity contribution in [2.75, 3.05) is 11.0 Å². The SMILES string of the molecule is CS(=O)(=O)c1cccc(S(=O)(=O)Nc2nc(Oc3ccccc3)cc(-c3ccccc3)n2)c1. The topological polar surface area (TPSA) is 115 Å². The van der Waals surface area contributed by atoms with Crippen LogP contribution in [0.25, 0.3) is 11.3 Å². The molecular formula is C23H19N3O5S2. The van der Waals surface area contributed by atoms with Crippen molar-refractivity contribution in [1.82, 2.24) is 9.97 Å². The maximum absolute atomic E-state index is 13.0. The lowest BCUT2D eigenvalue weighted by molar-refractivity contribution is 0.463. The zero-order valence-corrected chi connectivity index (χ0v) is 19.0. The van der Waals surface area contributed by atoms with Crippen molar-refractivity contribution in [3.8, 4) is 22.9 Å². The minimum Gasteiger partial charge on any atom is -0.439 e. The van der Waals surface area contributed by atoms with Gasteiger partial charge < -0.3 is 4.74 Å². The van der Waals surface area contributed by atoms with Crippen LogP contribution in [-0.4, -0.2) is 33.1 Å². The van der Waals surface area contributed by atoms with Gasteiger partial charge in [-0.1, -0.05) is 54.6 Å². The number of benzene rings is 3. The van der Waals surface area contributed by atoms with Crippen LogP contribution in [-0.2, 0) is 19.9 Å². The second-order valence-corrected chi connectivity index (χ2v) is 10.7. The first-order chi connectivity index (χ1) is 15.7. The molecule has 4 aromatic rings. The first kappa shape index (κ1) is 22.4. The van der Waals surface area contributed by atoms with E-state index in [4.69, 9.17) is 4.74 Å². The van der Waals surface area contributed by atoms with Crippen molar-refractivity contribution in [2.24, 2.45) is 0 Å². The quantitative estimate of drug-likeness (QED) is 0.422. The predicted octanol–water partition coefficient (Wildman–Crippen LogP) is 4.14. The average molecular weight is 482 g/mol. The fourth-order valence-corrected chi connectivity index (χ4v) is 4.67. The Morgan fingerprint density at radius 3 is 2.03 bits per heavy atom. The van der Waals surface area contributed by atoms with Gasteiger partial charge in [-0.05, 0) is 30.3 Å². The van der Waals surface area contributed by atoms with Gasteiger partial charge in [0.1, 0.15) is 5.75 Å². The number of aromatic nitrogens is 2. The van der Waals surface area contributed by atoms with Crippen LogP contribution < -0.4 is 9.46 Å². The summed E-state index contributed by atoms with van der Waals surface area (Å²) in [7, 11) is -7.77. The fourth-order valence-electron chi connectivity index (χ4n) is 2.94. The van der Waals surface area contributed by atoms with E-state index in [0.717, 1.165) is 17.9 Å². The highest BCUT2D eigenvalue weighted by atomic mass is 32.2. The van der Waals surface area contributed by atoms with Crippen LogP contribution in [0.5, 0.6) is 11.6 Å². The minimum atomic E-state index is -4.18. The summed E-state index contributed by atoms with van der Waals surface area (Å²) >= 11 is 0. The highest BCUT2D eigenvalue weighted by molar-refractivity contribution is 7.93. The van der Waals surface area contributed by atoms with Crippen molar-refractivity contribution in [3.63, 3.8) is 0 Å². The molecule has 0 aliphatic heterocycles. The van der Waals surface area contributed by atoms with E-state index in [-0.39, 0.29) is 21.6 Å². The number of nitrogens with zero attached hydrogens (tertiary/aromatic N) is 2. The zero-order valence-electron chi connectivity index (χ0n) is 17.4. The van der Waals surface area contributed by atoms with E-state index >= 15 is 0 Å². The predicted molar refractivity (Wildman–Crippen MR) is 124 cm³/mol. The van der Waals surface area contributed by atoms with Gasteiger partial charge >= 0.3 is 0 Å². The van der Waals surface area contributed by atoms with Gasteiger partial charge in [-0.3, -0.25) is 0 Å². The molecule has 1 N–H and O–H groups in total. The molecule has 33 heavy (non-hydrogen) atoms. The largest absolute Gasteiger partial charge is 0.439 e. The normalized spacial score (nSPS) is 11.7. The molecule has 168 valence electrons. The lowest BCUT2D eigenvalue weighted by Gasteiger charge is -2.12. The standard InChI is InChI=1S/C23H19N3O5S2/c1-32(27,28)19-13-8-14-20(15-19)33(29,30)26-23-24-21(17-9-4-2-5-10-17)16-22(25-23)31-18-11-6-3-7-12-18/h2-16H,1H3,(H,24,25,26). The number of hydrogen-bond acceptors (Lipinski definition) is 7. The molecule has 0 bridgehead atoms. The van der Waals surface area contributed by atoms with Crippen LogP contribution in [0, 0.1) is 0 Å². The Hall–Kier alpha value is -3.76. The third-order valence-electron chi connectivity index (χ3n) is 4.51. The van der Waals surface area contributed by atoms with Gasteiger partial charge in [0.25, 0.3) is 10.0 Å². The number of anilines is 1. The summed E-state index contributed by atoms with van der Waals surface area (Å²) in [5.41, 5.74) is 1.18. The lowest BCUT2D eigenvalue weighted by Crippen LogP contribution is -2.16. The van der Waals surface area contributed by atoms with E-state index in [1.54, 1.807) is 30.3 Å². The molecule has 8 nitrogen and oxygen atoms in total. The molecule has 0 unspecified atom stereocenters. The molecule has 0 radical (unpaired) electrons. The number of hydrogen-bond donors (Lipinski definition) is 1. The van der Waals surface area contributed by atoms with Crippen LogP contribution in [0.3, 0.4) is 0 Å². The second-order valence-electron chi connectivity index (χ2n) is 7.05. The Labute approximate surface area is 191 Å². The summed E-state index contributed by atoms with van der Waals surface area (Å²) < 4.78 is 57.7. The monoisotopic (exact) mass is 481 g/mol. The number of sulfone groups is 1. The Balaban J connectivity index is 1.74. The summed E-state index contributed by atoms with van der Waals surface area (Å²) in [5, 5.41) is 0. The molecule has 3 aromatic carbocycles. The van der Waals surface area contributed by atoms with E-state index in [1.165, 1.54) is 18.2 Å². The molecule has 1 heterocycles. The van der Waals surface area contributed by atoms with Gasteiger partial charge in [-0.15, -0.1) is 0 Å². The van der Waals surface area contributed by atoms with E-state index < -0.39 is 19.9 Å². The highest BCUT2D eigenvalue weighted by Gasteiger charge is 2.20. The van der Waals surface area contributed by atoms with Crippen LogP contribution in [0.1, 0.15) is 0 Å². The first-order valence-corrected chi connectivity index (χ1v) is 13.1. The van der Waals surface area contributed by atoms with Crippen molar-refractivity contribution in [3.05, 3.63) is 91.0 Å². The smallest absolute Gasteiger partial charge is 0.264 e. The molecule has 10 heteroatoms. The highest BCUT2D eigenvalue weighted by Crippen LogP contribution is 2.27. The van der Waals surface area contributed by atoms with Crippen molar-refractivity contribution in [1.29, 1.82) is 0 Å². The summed E-state index contributed by atoms with van der Waals surface area (Å²) in [6.07, 6.45) is 1.01. The molecule has 0 aliphatic rings. The molecule has 0 aliphatic carbocycles. The molecule has 0 saturated carbocycles. The Bertz CT molecular complexity index is 1490.